The number of rotatable bonds is 4. The van der Waals surface area contributed by atoms with Gasteiger partial charge in [-0.3, -0.25) is 4.79 Å². The third kappa shape index (κ3) is 3.17. The Morgan fingerprint density at radius 3 is 2.89 bits per heavy atom. The number of fused-ring (bicyclic) bond motifs is 1. The van der Waals surface area contributed by atoms with Gasteiger partial charge in [-0.2, -0.15) is 0 Å². The Morgan fingerprint density at radius 2 is 2.07 bits per heavy atom. The minimum absolute atomic E-state index is 0.133. The number of thiophene rings is 1. The van der Waals surface area contributed by atoms with Gasteiger partial charge in [-0.25, -0.2) is 9.97 Å². The van der Waals surface area contributed by atoms with Crippen LogP contribution in [0.25, 0.3) is 21.1 Å². The van der Waals surface area contributed by atoms with Crippen LogP contribution in [0.4, 0.5) is 5.69 Å². The molecule has 8 heteroatoms. The van der Waals surface area contributed by atoms with Gasteiger partial charge in [-0.1, -0.05) is 36.0 Å². The van der Waals surface area contributed by atoms with Crippen LogP contribution in [0.2, 0.25) is 0 Å². The lowest BCUT2D eigenvalue weighted by atomic mass is 10.1. The summed E-state index contributed by atoms with van der Waals surface area (Å²) in [6.45, 7) is 2.86. The molecule has 140 valence electrons. The Kier molecular flexibility index (Phi) is 4.54. The largest absolute Gasteiger partial charge is 0.325 e. The molecule has 1 aliphatic rings. The lowest BCUT2D eigenvalue weighted by molar-refractivity contribution is 0.103. The monoisotopic (exact) mass is 424 g/mol. The van der Waals surface area contributed by atoms with Crippen LogP contribution in [0.15, 0.2) is 53.1 Å². The molecule has 1 amide bonds. The van der Waals surface area contributed by atoms with Crippen LogP contribution in [-0.2, 0) is 6.54 Å². The second-order valence-electron chi connectivity index (χ2n) is 6.36. The van der Waals surface area contributed by atoms with E-state index in [1.165, 1.54) is 11.3 Å². The first-order valence-corrected chi connectivity index (χ1v) is 11.5. The van der Waals surface area contributed by atoms with Gasteiger partial charge in [0.1, 0.15) is 9.88 Å². The predicted molar refractivity (Wildman–Crippen MR) is 117 cm³/mol. The topological polar surface area (TPSA) is 59.8 Å². The SMILES string of the molecule is Cc1nc(-c2cccs2)sc1C(=O)Nc1ccccc1-c1cn2c(n1)SCC2. The summed E-state index contributed by atoms with van der Waals surface area (Å²) in [5.41, 5.74) is 3.33. The fraction of sp³-hybridized carbons (Fsp3) is 0.150. The molecule has 1 aliphatic heterocycles. The highest BCUT2D eigenvalue weighted by Gasteiger charge is 2.20. The van der Waals surface area contributed by atoms with Gasteiger partial charge in [-0.05, 0) is 24.4 Å². The summed E-state index contributed by atoms with van der Waals surface area (Å²) in [4.78, 5) is 24.0. The molecule has 0 radical (unpaired) electrons. The van der Waals surface area contributed by atoms with Crippen molar-refractivity contribution in [1.29, 1.82) is 0 Å². The molecule has 0 saturated carbocycles. The number of thioether (sulfide) groups is 1. The normalized spacial score (nSPS) is 12.9. The number of nitrogens with zero attached hydrogens (tertiary/aromatic N) is 3. The van der Waals surface area contributed by atoms with Gasteiger partial charge in [0.15, 0.2) is 5.16 Å². The van der Waals surface area contributed by atoms with Crippen LogP contribution in [0.3, 0.4) is 0 Å². The number of imidazole rings is 1. The van der Waals surface area contributed by atoms with Crippen LogP contribution < -0.4 is 5.32 Å². The van der Waals surface area contributed by atoms with E-state index in [2.05, 4.69) is 21.1 Å². The number of carbonyl (C=O) groups is 1. The lowest BCUT2D eigenvalue weighted by Crippen LogP contribution is -2.12. The molecule has 5 rings (SSSR count). The van der Waals surface area contributed by atoms with Crippen molar-refractivity contribution in [3.8, 4) is 21.1 Å². The van der Waals surface area contributed by atoms with Gasteiger partial charge >= 0.3 is 0 Å². The van der Waals surface area contributed by atoms with Crippen molar-refractivity contribution < 1.29 is 4.79 Å². The van der Waals surface area contributed by atoms with Crippen molar-refractivity contribution in [3.63, 3.8) is 0 Å². The molecule has 0 atom stereocenters. The summed E-state index contributed by atoms with van der Waals surface area (Å²) < 4.78 is 2.17. The highest BCUT2D eigenvalue weighted by molar-refractivity contribution is 7.99. The zero-order valence-corrected chi connectivity index (χ0v) is 17.5. The van der Waals surface area contributed by atoms with E-state index in [1.807, 2.05) is 48.7 Å². The Balaban J connectivity index is 1.44. The van der Waals surface area contributed by atoms with Crippen molar-refractivity contribution in [3.05, 3.63) is 58.5 Å². The minimum atomic E-state index is -0.133. The average Bonchev–Trinajstić information content (AvgIpc) is 3.45. The molecule has 0 fully saturated rings. The highest BCUT2D eigenvalue weighted by atomic mass is 32.2. The molecule has 0 unspecified atom stereocenters. The summed E-state index contributed by atoms with van der Waals surface area (Å²) in [6, 6.07) is 11.8. The highest BCUT2D eigenvalue weighted by Crippen LogP contribution is 2.34. The number of aryl methyl sites for hydroxylation is 2. The van der Waals surface area contributed by atoms with Crippen LogP contribution in [0.5, 0.6) is 0 Å². The van der Waals surface area contributed by atoms with E-state index in [-0.39, 0.29) is 5.91 Å². The first-order valence-electron chi connectivity index (χ1n) is 8.81. The van der Waals surface area contributed by atoms with E-state index in [0.29, 0.717) is 4.88 Å². The van der Waals surface area contributed by atoms with E-state index in [1.54, 1.807) is 23.1 Å². The second kappa shape index (κ2) is 7.20. The number of benzene rings is 1. The Labute approximate surface area is 174 Å². The van der Waals surface area contributed by atoms with E-state index in [0.717, 1.165) is 50.0 Å². The fourth-order valence-electron chi connectivity index (χ4n) is 3.15. The molecule has 0 spiro atoms. The van der Waals surface area contributed by atoms with E-state index < -0.39 is 0 Å². The third-order valence-corrected chi connectivity index (χ3v) is 7.66. The number of hydrogen-bond acceptors (Lipinski definition) is 6. The molecule has 0 aliphatic carbocycles. The standard InChI is InChI=1S/C20H16N4OS3/c1-12-17(28-19(21-12)16-7-4-9-26-16)18(25)22-14-6-3-2-5-13(14)15-11-24-8-10-27-20(24)23-15/h2-7,9,11H,8,10H2,1H3,(H,22,25). The Hall–Kier alpha value is -2.42. The number of thiazole rings is 1. The smallest absolute Gasteiger partial charge is 0.267 e. The minimum Gasteiger partial charge on any atom is -0.325 e. The van der Waals surface area contributed by atoms with Gasteiger partial charge in [-0.15, -0.1) is 22.7 Å². The zero-order valence-electron chi connectivity index (χ0n) is 15.0. The number of amides is 1. The lowest BCUT2D eigenvalue weighted by Gasteiger charge is -2.09. The molecule has 4 heterocycles. The number of hydrogen-bond donors (Lipinski definition) is 1. The maximum Gasteiger partial charge on any atom is 0.267 e. The molecule has 28 heavy (non-hydrogen) atoms. The molecule has 3 aromatic heterocycles. The van der Waals surface area contributed by atoms with Crippen molar-refractivity contribution >= 4 is 46.0 Å². The summed E-state index contributed by atoms with van der Waals surface area (Å²) in [5.74, 6) is 0.935. The van der Waals surface area contributed by atoms with E-state index in [9.17, 15) is 4.79 Å². The summed E-state index contributed by atoms with van der Waals surface area (Å²) in [6.07, 6.45) is 2.06. The molecular weight excluding hydrogens is 408 g/mol. The maximum absolute atomic E-state index is 13.0. The number of aromatic nitrogens is 3. The summed E-state index contributed by atoms with van der Waals surface area (Å²) >= 11 is 4.82. The molecule has 1 N–H and O–H groups in total. The fourth-order valence-corrected chi connectivity index (χ4v) is 5.85. The number of para-hydroxylation sites is 1. The number of carbonyl (C=O) groups excluding carboxylic acids is 1. The van der Waals surface area contributed by atoms with Gasteiger partial charge in [0.25, 0.3) is 5.91 Å². The second-order valence-corrected chi connectivity index (χ2v) is 9.37. The molecule has 5 nitrogen and oxygen atoms in total. The predicted octanol–water partition coefficient (Wildman–Crippen LogP) is 5.40. The molecule has 1 aromatic carbocycles. The summed E-state index contributed by atoms with van der Waals surface area (Å²) in [7, 11) is 0. The first kappa shape index (κ1) is 17.7. The van der Waals surface area contributed by atoms with Crippen LogP contribution in [0.1, 0.15) is 15.4 Å². The summed E-state index contributed by atoms with van der Waals surface area (Å²) in [5, 5.41) is 7.00. The van der Waals surface area contributed by atoms with Crippen molar-refractivity contribution in [2.24, 2.45) is 0 Å². The quantitative estimate of drug-likeness (QED) is 0.476. The van der Waals surface area contributed by atoms with Gasteiger partial charge in [0, 0.05) is 24.1 Å². The average molecular weight is 425 g/mol. The van der Waals surface area contributed by atoms with Gasteiger partial charge in [0.05, 0.1) is 22.0 Å². The molecule has 4 aromatic rings. The van der Waals surface area contributed by atoms with Crippen molar-refractivity contribution in [2.45, 2.75) is 18.6 Å². The van der Waals surface area contributed by atoms with Gasteiger partial charge < -0.3 is 9.88 Å². The van der Waals surface area contributed by atoms with Crippen LogP contribution in [-0.4, -0.2) is 26.2 Å². The Bertz CT molecular complexity index is 1140. The van der Waals surface area contributed by atoms with Crippen LogP contribution >= 0.6 is 34.4 Å². The van der Waals surface area contributed by atoms with Gasteiger partial charge in [0.2, 0.25) is 0 Å². The molecule has 0 saturated heterocycles. The van der Waals surface area contributed by atoms with Crippen molar-refractivity contribution in [2.75, 3.05) is 11.1 Å². The number of nitrogens with one attached hydrogen (secondary N) is 1. The van der Waals surface area contributed by atoms with Crippen LogP contribution in [0, 0.1) is 6.92 Å². The first-order chi connectivity index (χ1) is 13.7. The maximum atomic E-state index is 13.0. The number of anilines is 1. The molecular formula is C20H16N4OS3. The van der Waals surface area contributed by atoms with Crippen molar-refractivity contribution in [1.82, 2.24) is 14.5 Å². The van der Waals surface area contributed by atoms with E-state index in [4.69, 9.17) is 4.98 Å². The van der Waals surface area contributed by atoms with E-state index >= 15 is 0 Å². The molecule has 0 bridgehead atoms. The zero-order chi connectivity index (χ0) is 19.1. The third-order valence-electron chi connectivity index (χ3n) is 4.49. The Morgan fingerprint density at radius 1 is 1.18 bits per heavy atom.